The monoisotopic (exact) mass is 343 g/mol. The Kier molecular flexibility index (Phi) is 4.60. The van der Waals surface area contributed by atoms with Gasteiger partial charge in [-0.05, 0) is 29.5 Å². The van der Waals surface area contributed by atoms with Crippen LogP contribution in [0.25, 0.3) is 0 Å². The smallest absolute Gasteiger partial charge is 0.264 e. The standard InChI is InChI=1S/C18H21N3O2S/c22-18(17-4-2-8-24-17)21-7-6-20-12-16(9-15(20)11-21)23-13-14-3-1-5-19-10-14/h1-5,8,10,15-16H,6-7,9,11-13H2. The van der Waals surface area contributed by atoms with Crippen LogP contribution in [0, 0.1) is 0 Å². The maximum absolute atomic E-state index is 12.5. The molecule has 2 aliphatic rings. The predicted molar refractivity (Wildman–Crippen MR) is 93.0 cm³/mol. The molecule has 2 aromatic heterocycles. The number of piperazine rings is 1. The van der Waals surface area contributed by atoms with Crippen molar-refractivity contribution in [2.75, 3.05) is 26.2 Å². The molecule has 0 radical (unpaired) electrons. The molecular formula is C18H21N3O2S. The van der Waals surface area contributed by atoms with Gasteiger partial charge in [0, 0.05) is 44.6 Å². The Morgan fingerprint density at radius 3 is 3.04 bits per heavy atom. The lowest BCUT2D eigenvalue weighted by molar-refractivity contribution is 0.0450. The second kappa shape index (κ2) is 7.01. The van der Waals surface area contributed by atoms with Crippen molar-refractivity contribution < 1.29 is 9.53 Å². The minimum absolute atomic E-state index is 0.171. The molecule has 0 aliphatic carbocycles. The molecule has 0 bridgehead atoms. The van der Waals surface area contributed by atoms with E-state index in [1.807, 2.05) is 40.7 Å². The van der Waals surface area contributed by atoms with E-state index in [0.29, 0.717) is 12.6 Å². The number of hydrogen-bond acceptors (Lipinski definition) is 5. The summed E-state index contributed by atoms with van der Waals surface area (Å²) in [5.74, 6) is 0.171. The number of fused-ring (bicyclic) bond motifs is 1. The summed E-state index contributed by atoms with van der Waals surface area (Å²) in [7, 11) is 0. The van der Waals surface area contributed by atoms with Gasteiger partial charge in [-0.3, -0.25) is 14.7 Å². The van der Waals surface area contributed by atoms with E-state index in [2.05, 4.69) is 9.88 Å². The SMILES string of the molecule is O=C(c1cccs1)N1CCN2CC(OCc3cccnc3)CC2C1. The fourth-order valence-electron chi connectivity index (χ4n) is 3.56. The zero-order valence-electron chi connectivity index (χ0n) is 13.5. The van der Waals surface area contributed by atoms with E-state index in [4.69, 9.17) is 4.74 Å². The summed E-state index contributed by atoms with van der Waals surface area (Å²) >= 11 is 1.52. The van der Waals surface area contributed by atoms with E-state index < -0.39 is 0 Å². The molecule has 126 valence electrons. The first-order valence-corrected chi connectivity index (χ1v) is 9.25. The number of carbonyl (C=O) groups is 1. The van der Waals surface area contributed by atoms with Gasteiger partial charge in [0.25, 0.3) is 5.91 Å². The Morgan fingerprint density at radius 2 is 2.25 bits per heavy atom. The van der Waals surface area contributed by atoms with Crippen LogP contribution in [-0.2, 0) is 11.3 Å². The van der Waals surface area contributed by atoms with Crippen LogP contribution >= 0.6 is 11.3 Å². The molecule has 4 rings (SSSR count). The Morgan fingerprint density at radius 1 is 1.29 bits per heavy atom. The highest BCUT2D eigenvalue weighted by Crippen LogP contribution is 2.26. The molecule has 2 unspecified atom stereocenters. The molecule has 0 aromatic carbocycles. The Balaban J connectivity index is 1.32. The van der Waals surface area contributed by atoms with Crippen molar-refractivity contribution in [3.8, 4) is 0 Å². The zero-order chi connectivity index (χ0) is 16.4. The first-order valence-electron chi connectivity index (χ1n) is 8.37. The van der Waals surface area contributed by atoms with Gasteiger partial charge in [-0.1, -0.05) is 12.1 Å². The molecule has 6 heteroatoms. The van der Waals surface area contributed by atoms with E-state index in [1.54, 1.807) is 6.20 Å². The molecule has 2 aromatic rings. The van der Waals surface area contributed by atoms with Crippen molar-refractivity contribution in [2.24, 2.45) is 0 Å². The number of ether oxygens (including phenoxy) is 1. The Bertz CT molecular complexity index is 677. The van der Waals surface area contributed by atoms with E-state index in [0.717, 1.165) is 43.0 Å². The molecule has 4 heterocycles. The number of nitrogens with zero attached hydrogens (tertiary/aromatic N) is 3. The molecule has 0 spiro atoms. The van der Waals surface area contributed by atoms with Crippen molar-refractivity contribution >= 4 is 17.2 Å². The van der Waals surface area contributed by atoms with Gasteiger partial charge in [0.15, 0.2) is 0 Å². The normalized spacial score (nSPS) is 24.1. The van der Waals surface area contributed by atoms with Gasteiger partial charge in [-0.15, -0.1) is 11.3 Å². The molecular weight excluding hydrogens is 322 g/mol. The summed E-state index contributed by atoms with van der Waals surface area (Å²) in [5.41, 5.74) is 1.11. The van der Waals surface area contributed by atoms with Crippen LogP contribution in [0.2, 0.25) is 0 Å². The number of rotatable bonds is 4. The van der Waals surface area contributed by atoms with Gasteiger partial charge in [-0.2, -0.15) is 0 Å². The van der Waals surface area contributed by atoms with Gasteiger partial charge >= 0.3 is 0 Å². The molecule has 2 saturated heterocycles. The topological polar surface area (TPSA) is 45.7 Å². The highest BCUT2D eigenvalue weighted by atomic mass is 32.1. The molecule has 0 saturated carbocycles. The third-order valence-corrected chi connectivity index (χ3v) is 5.66. The van der Waals surface area contributed by atoms with E-state index in [9.17, 15) is 4.79 Å². The molecule has 2 fully saturated rings. The first-order chi connectivity index (χ1) is 11.8. The summed E-state index contributed by atoms with van der Waals surface area (Å²) in [6.07, 6.45) is 4.86. The van der Waals surface area contributed by atoms with Crippen molar-refractivity contribution in [3.63, 3.8) is 0 Å². The summed E-state index contributed by atoms with van der Waals surface area (Å²) < 4.78 is 6.07. The number of carbonyl (C=O) groups excluding carboxylic acids is 1. The molecule has 2 aliphatic heterocycles. The maximum atomic E-state index is 12.5. The Labute approximate surface area is 145 Å². The third kappa shape index (κ3) is 3.36. The lowest BCUT2D eigenvalue weighted by Crippen LogP contribution is -2.51. The lowest BCUT2D eigenvalue weighted by atomic mass is 10.1. The number of amides is 1. The van der Waals surface area contributed by atoms with Gasteiger partial charge in [0.1, 0.15) is 0 Å². The van der Waals surface area contributed by atoms with Crippen LogP contribution in [0.5, 0.6) is 0 Å². The number of thiophene rings is 1. The zero-order valence-corrected chi connectivity index (χ0v) is 14.3. The largest absolute Gasteiger partial charge is 0.372 e. The molecule has 0 N–H and O–H groups in total. The molecule has 2 atom stereocenters. The van der Waals surface area contributed by atoms with Gasteiger partial charge in [0.05, 0.1) is 17.6 Å². The van der Waals surface area contributed by atoms with Crippen LogP contribution < -0.4 is 0 Å². The van der Waals surface area contributed by atoms with Gasteiger partial charge in [-0.25, -0.2) is 0 Å². The quantitative estimate of drug-likeness (QED) is 0.854. The van der Waals surface area contributed by atoms with Crippen LogP contribution in [0.4, 0.5) is 0 Å². The minimum Gasteiger partial charge on any atom is -0.372 e. The number of aromatic nitrogens is 1. The average Bonchev–Trinajstić information content (AvgIpc) is 3.29. The summed E-state index contributed by atoms with van der Waals surface area (Å²) in [5, 5.41) is 1.96. The number of pyridine rings is 1. The second-order valence-corrected chi connectivity index (χ2v) is 7.35. The van der Waals surface area contributed by atoms with Crippen LogP contribution in [0.1, 0.15) is 21.7 Å². The van der Waals surface area contributed by atoms with Crippen molar-refractivity contribution in [2.45, 2.75) is 25.2 Å². The first kappa shape index (κ1) is 15.7. The summed E-state index contributed by atoms with van der Waals surface area (Å²) in [6.45, 7) is 4.13. The highest BCUT2D eigenvalue weighted by Gasteiger charge is 2.38. The minimum atomic E-state index is 0.171. The van der Waals surface area contributed by atoms with Gasteiger partial charge in [0.2, 0.25) is 0 Å². The van der Waals surface area contributed by atoms with Crippen LogP contribution in [0.3, 0.4) is 0 Å². The third-order valence-electron chi connectivity index (χ3n) is 4.81. The molecule has 5 nitrogen and oxygen atoms in total. The average molecular weight is 343 g/mol. The van der Waals surface area contributed by atoms with Crippen molar-refractivity contribution in [1.29, 1.82) is 0 Å². The number of hydrogen-bond donors (Lipinski definition) is 0. The summed E-state index contributed by atoms with van der Waals surface area (Å²) in [4.78, 5) is 21.9. The van der Waals surface area contributed by atoms with Crippen LogP contribution in [0.15, 0.2) is 42.0 Å². The summed E-state index contributed by atoms with van der Waals surface area (Å²) in [6, 6.07) is 8.24. The Hall–Kier alpha value is -1.76. The fourth-order valence-corrected chi connectivity index (χ4v) is 4.25. The van der Waals surface area contributed by atoms with Gasteiger partial charge < -0.3 is 9.64 Å². The van der Waals surface area contributed by atoms with E-state index in [1.165, 1.54) is 11.3 Å². The predicted octanol–water partition coefficient (Wildman–Crippen LogP) is 2.26. The maximum Gasteiger partial charge on any atom is 0.264 e. The highest BCUT2D eigenvalue weighted by molar-refractivity contribution is 7.12. The van der Waals surface area contributed by atoms with E-state index in [-0.39, 0.29) is 12.0 Å². The van der Waals surface area contributed by atoms with Crippen molar-refractivity contribution in [3.05, 3.63) is 52.5 Å². The van der Waals surface area contributed by atoms with Crippen molar-refractivity contribution in [1.82, 2.24) is 14.8 Å². The second-order valence-electron chi connectivity index (χ2n) is 6.41. The van der Waals surface area contributed by atoms with E-state index >= 15 is 0 Å². The lowest BCUT2D eigenvalue weighted by Gasteiger charge is -2.37. The fraction of sp³-hybridized carbons (Fsp3) is 0.444. The van der Waals surface area contributed by atoms with Crippen LogP contribution in [-0.4, -0.2) is 59.0 Å². The molecule has 1 amide bonds. The molecule has 24 heavy (non-hydrogen) atoms.